The number of rotatable bonds is 6. The average molecular weight is 228 g/mol. The summed E-state index contributed by atoms with van der Waals surface area (Å²) >= 11 is 0. The Morgan fingerprint density at radius 3 is 2.62 bits per heavy atom. The number of nitrogens with zero attached hydrogens (tertiary/aromatic N) is 1. The molecule has 4 nitrogen and oxygen atoms in total. The van der Waals surface area contributed by atoms with Gasteiger partial charge in [-0.1, -0.05) is 6.42 Å². The van der Waals surface area contributed by atoms with E-state index in [-0.39, 0.29) is 5.97 Å². The lowest BCUT2D eigenvalue weighted by Crippen LogP contribution is -2.46. The van der Waals surface area contributed by atoms with E-state index in [4.69, 9.17) is 5.73 Å². The van der Waals surface area contributed by atoms with Gasteiger partial charge in [0.2, 0.25) is 0 Å². The number of carbonyl (C=O) groups is 1. The molecule has 0 saturated heterocycles. The van der Waals surface area contributed by atoms with Crippen LogP contribution in [0.3, 0.4) is 0 Å². The molecule has 1 rings (SSSR count). The summed E-state index contributed by atoms with van der Waals surface area (Å²) in [7, 11) is 3.53. The number of methoxy groups -OCH3 is 1. The van der Waals surface area contributed by atoms with Gasteiger partial charge in [0, 0.05) is 6.04 Å². The summed E-state index contributed by atoms with van der Waals surface area (Å²) < 4.78 is 4.67. The molecule has 94 valence electrons. The molecule has 2 N–H and O–H groups in total. The van der Waals surface area contributed by atoms with Crippen molar-refractivity contribution in [3.05, 3.63) is 0 Å². The van der Waals surface area contributed by atoms with Gasteiger partial charge in [0.25, 0.3) is 0 Å². The minimum Gasteiger partial charge on any atom is -0.468 e. The average Bonchev–Trinajstić information content (AvgIpc) is 2.13. The fraction of sp³-hybridized carbons (Fsp3) is 0.917. The molecule has 0 aromatic carbocycles. The minimum absolute atomic E-state index is 0.321. The van der Waals surface area contributed by atoms with Crippen molar-refractivity contribution in [3.8, 4) is 0 Å². The second-order valence-electron chi connectivity index (χ2n) is 5.08. The van der Waals surface area contributed by atoms with Crippen LogP contribution >= 0.6 is 0 Å². The zero-order valence-electron chi connectivity index (χ0n) is 10.7. The van der Waals surface area contributed by atoms with Crippen LogP contribution < -0.4 is 5.73 Å². The zero-order chi connectivity index (χ0) is 12.2. The van der Waals surface area contributed by atoms with E-state index in [1.54, 1.807) is 6.92 Å². The molecule has 1 aliphatic carbocycles. The number of hydrogen-bond acceptors (Lipinski definition) is 4. The summed E-state index contributed by atoms with van der Waals surface area (Å²) in [4.78, 5) is 13.7. The summed E-state index contributed by atoms with van der Waals surface area (Å²) in [5.74, 6) is -0.321. The summed E-state index contributed by atoms with van der Waals surface area (Å²) in [6, 6.07) is 0.752. The molecule has 16 heavy (non-hydrogen) atoms. The Morgan fingerprint density at radius 1 is 1.56 bits per heavy atom. The predicted octanol–water partition coefficient (Wildman–Crippen LogP) is 1.14. The standard InChI is InChI=1S/C12H24N2O2/c1-12(13,11(15)16-3)8-5-9-14(2)10-6-4-7-10/h10H,4-9,13H2,1-3H3. The first-order valence-corrected chi connectivity index (χ1v) is 6.05. The van der Waals surface area contributed by atoms with Crippen LogP contribution in [0.25, 0.3) is 0 Å². The van der Waals surface area contributed by atoms with E-state index in [1.165, 1.54) is 26.4 Å². The molecular weight excluding hydrogens is 204 g/mol. The van der Waals surface area contributed by atoms with E-state index >= 15 is 0 Å². The van der Waals surface area contributed by atoms with Crippen molar-refractivity contribution in [1.82, 2.24) is 4.90 Å². The molecule has 1 unspecified atom stereocenters. The van der Waals surface area contributed by atoms with Gasteiger partial charge in [-0.3, -0.25) is 4.79 Å². The molecule has 0 radical (unpaired) electrons. The summed E-state index contributed by atoms with van der Waals surface area (Å²) in [5, 5.41) is 0. The van der Waals surface area contributed by atoms with Gasteiger partial charge in [0.1, 0.15) is 5.54 Å². The number of nitrogens with two attached hydrogens (primary N) is 1. The highest BCUT2D eigenvalue weighted by Gasteiger charge is 2.29. The maximum atomic E-state index is 11.3. The maximum absolute atomic E-state index is 11.3. The van der Waals surface area contributed by atoms with E-state index in [9.17, 15) is 4.79 Å². The monoisotopic (exact) mass is 228 g/mol. The van der Waals surface area contributed by atoms with E-state index in [0.29, 0.717) is 6.42 Å². The first-order valence-electron chi connectivity index (χ1n) is 6.05. The minimum atomic E-state index is -0.838. The molecule has 0 amide bonds. The molecule has 4 heteroatoms. The largest absolute Gasteiger partial charge is 0.468 e. The van der Waals surface area contributed by atoms with Crippen LogP contribution in [-0.4, -0.2) is 43.2 Å². The Kier molecular flexibility index (Phi) is 4.74. The smallest absolute Gasteiger partial charge is 0.325 e. The Hall–Kier alpha value is -0.610. The van der Waals surface area contributed by atoms with E-state index in [0.717, 1.165) is 19.0 Å². The van der Waals surface area contributed by atoms with Crippen LogP contribution in [0.5, 0.6) is 0 Å². The zero-order valence-corrected chi connectivity index (χ0v) is 10.7. The number of ether oxygens (including phenoxy) is 1. The van der Waals surface area contributed by atoms with Crippen LogP contribution in [0.1, 0.15) is 39.0 Å². The maximum Gasteiger partial charge on any atom is 0.325 e. The summed E-state index contributed by atoms with van der Waals surface area (Å²) in [5.41, 5.74) is 5.05. The van der Waals surface area contributed by atoms with Crippen LogP contribution in [-0.2, 0) is 9.53 Å². The van der Waals surface area contributed by atoms with Crippen LogP contribution in [0.4, 0.5) is 0 Å². The van der Waals surface area contributed by atoms with Gasteiger partial charge in [0.15, 0.2) is 0 Å². The van der Waals surface area contributed by atoms with Crippen LogP contribution in [0, 0.1) is 0 Å². The van der Waals surface area contributed by atoms with Crippen molar-refractivity contribution in [2.24, 2.45) is 5.73 Å². The van der Waals surface area contributed by atoms with Gasteiger partial charge in [-0.25, -0.2) is 0 Å². The molecular formula is C12H24N2O2. The highest BCUT2D eigenvalue weighted by atomic mass is 16.5. The third-order valence-electron chi connectivity index (χ3n) is 3.56. The molecule has 1 saturated carbocycles. The third kappa shape index (κ3) is 3.46. The molecule has 1 fully saturated rings. The Bertz CT molecular complexity index is 237. The van der Waals surface area contributed by atoms with Crippen molar-refractivity contribution in [2.75, 3.05) is 20.7 Å². The first-order chi connectivity index (χ1) is 7.47. The molecule has 0 bridgehead atoms. The van der Waals surface area contributed by atoms with Crippen molar-refractivity contribution < 1.29 is 9.53 Å². The number of carbonyl (C=O) groups excluding carboxylic acids is 1. The van der Waals surface area contributed by atoms with Gasteiger partial charge in [0.05, 0.1) is 7.11 Å². The fourth-order valence-corrected chi connectivity index (χ4v) is 2.04. The van der Waals surface area contributed by atoms with Crippen molar-refractivity contribution >= 4 is 5.97 Å². The second kappa shape index (κ2) is 5.64. The molecule has 0 spiro atoms. The predicted molar refractivity (Wildman–Crippen MR) is 64.1 cm³/mol. The third-order valence-corrected chi connectivity index (χ3v) is 3.56. The Morgan fingerprint density at radius 2 is 2.19 bits per heavy atom. The quantitative estimate of drug-likeness (QED) is 0.693. The van der Waals surface area contributed by atoms with E-state index in [2.05, 4.69) is 16.7 Å². The van der Waals surface area contributed by atoms with Gasteiger partial charge in [-0.05, 0) is 46.2 Å². The topological polar surface area (TPSA) is 55.6 Å². The van der Waals surface area contributed by atoms with Crippen molar-refractivity contribution in [1.29, 1.82) is 0 Å². The van der Waals surface area contributed by atoms with E-state index < -0.39 is 5.54 Å². The van der Waals surface area contributed by atoms with Gasteiger partial charge in [-0.2, -0.15) is 0 Å². The lowest BCUT2D eigenvalue weighted by Gasteiger charge is -2.35. The van der Waals surface area contributed by atoms with Gasteiger partial charge in [-0.15, -0.1) is 0 Å². The molecule has 0 heterocycles. The number of hydrogen-bond donors (Lipinski definition) is 1. The highest BCUT2D eigenvalue weighted by molar-refractivity contribution is 5.79. The SMILES string of the molecule is COC(=O)C(C)(N)CCCN(C)C1CCC1. The van der Waals surface area contributed by atoms with Gasteiger partial charge < -0.3 is 15.4 Å². The lowest BCUT2D eigenvalue weighted by molar-refractivity contribution is -0.146. The molecule has 0 aromatic heterocycles. The van der Waals surface area contributed by atoms with Crippen molar-refractivity contribution in [3.63, 3.8) is 0 Å². The molecule has 0 aromatic rings. The van der Waals surface area contributed by atoms with E-state index in [1.807, 2.05) is 0 Å². The highest BCUT2D eigenvalue weighted by Crippen LogP contribution is 2.24. The Balaban J connectivity index is 2.20. The molecule has 1 aliphatic rings. The van der Waals surface area contributed by atoms with Crippen LogP contribution in [0.15, 0.2) is 0 Å². The normalized spacial score (nSPS) is 20.3. The summed E-state index contributed by atoms with van der Waals surface area (Å²) in [6.07, 6.45) is 5.60. The first kappa shape index (κ1) is 13.5. The lowest BCUT2D eigenvalue weighted by atomic mass is 9.91. The van der Waals surface area contributed by atoms with Crippen LogP contribution in [0.2, 0.25) is 0 Å². The molecule has 0 aliphatic heterocycles. The second-order valence-corrected chi connectivity index (χ2v) is 5.08. The fourth-order valence-electron chi connectivity index (χ4n) is 2.04. The molecule has 1 atom stereocenters. The summed E-state index contributed by atoms with van der Waals surface area (Å²) in [6.45, 7) is 2.75. The van der Waals surface area contributed by atoms with Gasteiger partial charge >= 0.3 is 5.97 Å². The Labute approximate surface area is 98.1 Å². The number of esters is 1. The van der Waals surface area contributed by atoms with Crippen molar-refractivity contribution in [2.45, 2.75) is 50.6 Å².